The summed E-state index contributed by atoms with van der Waals surface area (Å²) in [4.78, 5) is 16.7. The van der Waals surface area contributed by atoms with Crippen LogP contribution in [0.2, 0.25) is 0 Å². The molecule has 1 amide bonds. The number of rotatable bonds is 3. The number of carbonyl (C=O) groups is 1. The minimum absolute atomic E-state index is 0.00720. The van der Waals surface area contributed by atoms with Crippen LogP contribution in [0.4, 0.5) is 0 Å². The molecular weight excluding hydrogens is 304 g/mol. The maximum atomic E-state index is 12.3. The molecule has 0 bridgehead atoms. The number of amides is 1. The number of aryl methyl sites for hydroxylation is 2. The van der Waals surface area contributed by atoms with Gasteiger partial charge in [-0.2, -0.15) is 5.10 Å². The predicted molar refractivity (Wildman–Crippen MR) is 81.6 cm³/mol. The molecule has 0 spiro atoms. The third-order valence-corrected chi connectivity index (χ3v) is 5.74. The number of aromatic nitrogens is 3. The van der Waals surface area contributed by atoms with Crippen molar-refractivity contribution in [3.63, 3.8) is 0 Å². The topological polar surface area (TPSA) is 93.4 Å². The Morgan fingerprint density at radius 3 is 2.91 bits per heavy atom. The summed E-state index contributed by atoms with van der Waals surface area (Å²) in [6.45, 7) is 4.13. The molecule has 0 aromatic carbocycles. The van der Waals surface area contributed by atoms with E-state index in [-0.39, 0.29) is 23.3 Å². The molecule has 8 heteroatoms. The minimum Gasteiger partial charge on any atom is -0.352 e. The quantitative estimate of drug-likeness (QED) is 0.889. The second-order valence-corrected chi connectivity index (χ2v) is 8.04. The van der Waals surface area contributed by atoms with Crippen molar-refractivity contribution in [2.75, 3.05) is 18.1 Å². The zero-order valence-corrected chi connectivity index (χ0v) is 13.4. The molecule has 0 aliphatic carbocycles. The van der Waals surface area contributed by atoms with E-state index >= 15 is 0 Å². The smallest absolute Gasteiger partial charge is 0.256 e. The monoisotopic (exact) mass is 322 g/mol. The van der Waals surface area contributed by atoms with E-state index in [9.17, 15) is 13.2 Å². The first-order chi connectivity index (χ1) is 10.4. The Kier molecular flexibility index (Phi) is 3.64. The van der Waals surface area contributed by atoms with Gasteiger partial charge in [0.25, 0.3) is 5.91 Å². The third kappa shape index (κ3) is 2.83. The van der Waals surface area contributed by atoms with Crippen molar-refractivity contribution in [2.24, 2.45) is 5.92 Å². The van der Waals surface area contributed by atoms with Gasteiger partial charge in [0.05, 0.1) is 17.7 Å². The van der Waals surface area contributed by atoms with Crippen LogP contribution in [0.5, 0.6) is 0 Å². The highest BCUT2D eigenvalue weighted by molar-refractivity contribution is 7.91. The number of hydrogen-bond donors (Lipinski definition) is 1. The molecule has 1 N–H and O–H groups in total. The van der Waals surface area contributed by atoms with Gasteiger partial charge >= 0.3 is 0 Å². The molecule has 1 aliphatic rings. The van der Waals surface area contributed by atoms with Crippen LogP contribution < -0.4 is 5.32 Å². The first-order valence-electron chi connectivity index (χ1n) is 7.16. The van der Waals surface area contributed by atoms with Gasteiger partial charge in [-0.1, -0.05) is 0 Å². The third-order valence-electron chi connectivity index (χ3n) is 3.90. The zero-order valence-electron chi connectivity index (χ0n) is 12.5. The van der Waals surface area contributed by atoms with Crippen molar-refractivity contribution in [2.45, 2.75) is 20.3 Å². The number of fused-ring (bicyclic) bond motifs is 1. The molecule has 7 nitrogen and oxygen atoms in total. The van der Waals surface area contributed by atoms with E-state index in [0.29, 0.717) is 24.2 Å². The van der Waals surface area contributed by atoms with E-state index in [1.54, 1.807) is 4.52 Å². The van der Waals surface area contributed by atoms with E-state index in [2.05, 4.69) is 15.4 Å². The summed E-state index contributed by atoms with van der Waals surface area (Å²) in [7, 11) is -2.92. The molecule has 1 fully saturated rings. The van der Waals surface area contributed by atoms with Crippen LogP contribution >= 0.6 is 0 Å². The van der Waals surface area contributed by atoms with Gasteiger partial charge in [-0.05, 0) is 32.3 Å². The fourth-order valence-electron chi connectivity index (χ4n) is 2.80. The van der Waals surface area contributed by atoms with Crippen LogP contribution in [-0.2, 0) is 9.84 Å². The predicted octanol–water partition coefficient (Wildman–Crippen LogP) is 0.511. The molecule has 3 rings (SSSR count). The maximum absolute atomic E-state index is 12.3. The van der Waals surface area contributed by atoms with Crippen molar-refractivity contribution < 1.29 is 13.2 Å². The number of nitrogens with one attached hydrogen (secondary N) is 1. The Bertz CT molecular complexity index is 841. The van der Waals surface area contributed by atoms with Crippen molar-refractivity contribution in [1.82, 2.24) is 19.9 Å². The van der Waals surface area contributed by atoms with E-state index < -0.39 is 9.84 Å². The Morgan fingerprint density at radius 1 is 1.45 bits per heavy atom. The van der Waals surface area contributed by atoms with Crippen molar-refractivity contribution in [1.29, 1.82) is 0 Å². The van der Waals surface area contributed by atoms with E-state index in [0.717, 1.165) is 11.4 Å². The van der Waals surface area contributed by atoms with Gasteiger partial charge in [0.15, 0.2) is 15.5 Å². The molecule has 22 heavy (non-hydrogen) atoms. The average Bonchev–Trinajstić information content (AvgIpc) is 2.99. The fraction of sp³-hybridized carbons (Fsp3) is 0.500. The summed E-state index contributed by atoms with van der Waals surface area (Å²) in [6.07, 6.45) is 2.10. The Balaban J connectivity index is 1.76. The number of hydrogen-bond acceptors (Lipinski definition) is 5. The van der Waals surface area contributed by atoms with Crippen molar-refractivity contribution in [3.05, 3.63) is 29.2 Å². The summed E-state index contributed by atoms with van der Waals surface area (Å²) in [5.74, 6) is 0.0897. The van der Waals surface area contributed by atoms with Gasteiger partial charge in [-0.3, -0.25) is 4.79 Å². The standard InChI is InChI=1S/C14H18N4O3S/c1-9-5-10(2)18-13(17-9)12(7-16-18)14(19)15-6-11-3-4-22(20,21)8-11/h5,7,11H,3-4,6,8H2,1-2H3,(H,15,19). The van der Waals surface area contributed by atoms with Gasteiger partial charge in [-0.15, -0.1) is 0 Å². The molecule has 2 aromatic rings. The summed E-state index contributed by atoms with van der Waals surface area (Å²) in [5, 5.41) is 6.98. The van der Waals surface area contributed by atoms with Crippen LogP contribution in [0.3, 0.4) is 0 Å². The summed E-state index contributed by atoms with van der Waals surface area (Å²) >= 11 is 0. The highest BCUT2D eigenvalue weighted by Crippen LogP contribution is 2.18. The summed E-state index contributed by atoms with van der Waals surface area (Å²) in [6, 6.07) is 1.89. The lowest BCUT2D eigenvalue weighted by Gasteiger charge is -2.09. The molecule has 1 atom stereocenters. The van der Waals surface area contributed by atoms with Crippen LogP contribution in [0.1, 0.15) is 28.2 Å². The second kappa shape index (κ2) is 5.35. The second-order valence-electron chi connectivity index (χ2n) is 5.81. The molecule has 1 unspecified atom stereocenters. The lowest BCUT2D eigenvalue weighted by Crippen LogP contribution is -2.29. The van der Waals surface area contributed by atoms with E-state index in [1.165, 1.54) is 6.20 Å². The minimum atomic E-state index is -2.92. The Labute approximate surface area is 128 Å². The number of sulfone groups is 1. The van der Waals surface area contributed by atoms with Crippen LogP contribution in [0.15, 0.2) is 12.3 Å². The Morgan fingerprint density at radius 2 is 2.23 bits per heavy atom. The Hall–Kier alpha value is -1.96. The highest BCUT2D eigenvalue weighted by atomic mass is 32.2. The number of nitrogens with zero attached hydrogens (tertiary/aromatic N) is 3. The van der Waals surface area contributed by atoms with Crippen LogP contribution in [-0.4, -0.2) is 47.0 Å². The van der Waals surface area contributed by atoms with Crippen molar-refractivity contribution in [3.8, 4) is 0 Å². The lowest BCUT2D eigenvalue weighted by atomic mass is 10.1. The van der Waals surface area contributed by atoms with Crippen LogP contribution in [0.25, 0.3) is 5.65 Å². The molecule has 0 radical (unpaired) electrons. The maximum Gasteiger partial charge on any atom is 0.256 e. The molecule has 1 aliphatic heterocycles. The SMILES string of the molecule is Cc1cc(C)n2ncc(C(=O)NCC3CCS(=O)(=O)C3)c2n1. The summed E-state index contributed by atoms with van der Waals surface area (Å²) < 4.78 is 24.5. The lowest BCUT2D eigenvalue weighted by molar-refractivity contribution is 0.0950. The average molecular weight is 322 g/mol. The summed E-state index contributed by atoms with van der Waals surface area (Å²) in [5.41, 5.74) is 2.66. The molecule has 2 aromatic heterocycles. The first-order valence-corrected chi connectivity index (χ1v) is 8.98. The molecule has 0 saturated carbocycles. The number of carbonyl (C=O) groups excluding carboxylic acids is 1. The van der Waals surface area contributed by atoms with Gasteiger partial charge in [-0.25, -0.2) is 17.9 Å². The van der Waals surface area contributed by atoms with E-state index in [1.807, 2.05) is 19.9 Å². The zero-order chi connectivity index (χ0) is 15.9. The highest BCUT2D eigenvalue weighted by Gasteiger charge is 2.28. The van der Waals surface area contributed by atoms with Crippen LogP contribution in [0, 0.1) is 19.8 Å². The van der Waals surface area contributed by atoms with Gasteiger partial charge in [0, 0.05) is 17.9 Å². The fourth-order valence-corrected chi connectivity index (χ4v) is 4.66. The molecule has 1 saturated heterocycles. The normalized spacial score (nSPS) is 20.4. The molecule has 3 heterocycles. The molecule has 118 valence electrons. The van der Waals surface area contributed by atoms with Gasteiger partial charge in [0.2, 0.25) is 0 Å². The van der Waals surface area contributed by atoms with Gasteiger partial charge in [0.1, 0.15) is 5.56 Å². The molecular formula is C14H18N4O3S. The van der Waals surface area contributed by atoms with Crippen molar-refractivity contribution >= 4 is 21.4 Å². The van der Waals surface area contributed by atoms with E-state index in [4.69, 9.17) is 0 Å². The first kappa shape index (κ1) is 15.0. The van der Waals surface area contributed by atoms with Gasteiger partial charge < -0.3 is 5.32 Å². The largest absolute Gasteiger partial charge is 0.352 e.